The molecule has 0 aromatic heterocycles. The molecule has 2 atom stereocenters. The zero-order chi connectivity index (χ0) is 13.8. The van der Waals surface area contributed by atoms with Crippen molar-refractivity contribution in [3.05, 3.63) is 0 Å². The molecule has 114 valence electrons. The van der Waals surface area contributed by atoms with E-state index in [9.17, 15) is 0 Å². The summed E-state index contributed by atoms with van der Waals surface area (Å²) in [5.74, 6) is 0.905. The van der Waals surface area contributed by atoms with E-state index in [0.717, 1.165) is 25.2 Å². The zero-order valence-electron chi connectivity index (χ0n) is 13.0. The molecule has 0 heterocycles. The van der Waals surface area contributed by atoms with Crippen molar-refractivity contribution in [2.75, 3.05) is 33.5 Å². The lowest BCUT2D eigenvalue weighted by Crippen LogP contribution is -2.30. The fourth-order valence-electron chi connectivity index (χ4n) is 2.98. The Hall–Kier alpha value is -0.120. The Morgan fingerprint density at radius 3 is 2.74 bits per heavy atom. The second-order valence-electron chi connectivity index (χ2n) is 5.78. The predicted octanol–water partition coefficient (Wildman–Crippen LogP) is 3.38. The molecule has 1 aliphatic carbocycles. The van der Waals surface area contributed by atoms with Crippen molar-refractivity contribution in [2.45, 2.75) is 64.3 Å². The van der Waals surface area contributed by atoms with E-state index in [4.69, 9.17) is 9.47 Å². The Labute approximate surface area is 119 Å². The van der Waals surface area contributed by atoms with E-state index in [-0.39, 0.29) is 0 Å². The van der Waals surface area contributed by atoms with Gasteiger partial charge in [-0.2, -0.15) is 0 Å². The van der Waals surface area contributed by atoms with Crippen LogP contribution in [-0.2, 0) is 9.47 Å². The quantitative estimate of drug-likeness (QED) is 0.488. The molecule has 0 radical (unpaired) electrons. The topological polar surface area (TPSA) is 30.5 Å². The maximum atomic E-state index is 5.55. The second kappa shape index (κ2) is 11.7. The number of ether oxygens (including phenoxy) is 2. The molecule has 19 heavy (non-hydrogen) atoms. The zero-order valence-corrected chi connectivity index (χ0v) is 13.0. The van der Waals surface area contributed by atoms with Crippen LogP contribution in [0.25, 0.3) is 0 Å². The number of rotatable bonds is 10. The molecule has 0 aromatic carbocycles. The van der Waals surface area contributed by atoms with Crippen LogP contribution in [0.1, 0.15) is 58.3 Å². The van der Waals surface area contributed by atoms with Gasteiger partial charge in [-0.3, -0.25) is 0 Å². The molecule has 0 aliphatic heterocycles. The number of methoxy groups -OCH3 is 1. The highest BCUT2D eigenvalue weighted by molar-refractivity contribution is 4.76. The van der Waals surface area contributed by atoms with Crippen molar-refractivity contribution in [1.82, 2.24) is 5.32 Å². The van der Waals surface area contributed by atoms with Crippen molar-refractivity contribution >= 4 is 0 Å². The molecule has 1 saturated carbocycles. The van der Waals surface area contributed by atoms with Crippen molar-refractivity contribution in [3.63, 3.8) is 0 Å². The van der Waals surface area contributed by atoms with Gasteiger partial charge in [0.2, 0.25) is 0 Å². The summed E-state index contributed by atoms with van der Waals surface area (Å²) in [5.41, 5.74) is 0. The first-order valence-electron chi connectivity index (χ1n) is 8.16. The van der Waals surface area contributed by atoms with E-state index in [2.05, 4.69) is 12.2 Å². The molecule has 1 rings (SSSR count). The van der Waals surface area contributed by atoms with Crippen LogP contribution in [-0.4, -0.2) is 39.5 Å². The van der Waals surface area contributed by atoms with Crippen molar-refractivity contribution < 1.29 is 9.47 Å². The predicted molar refractivity (Wildman–Crippen MR) is 80.6 cm³/mol. The van der Waals surface area contributed by atoms with Crippen LogP contribution >= 0.6 is 0 Å². The molecule has 0 amide bonds. The smallest absolute Gasteiger partial charge is 0.0700 e. The summed E-state index contributed by atoms with van der Waals surface area (Å²) in [4.78, 5) is 0. The summed E-state index contributed by atoms with van der Waals surface area (Å²) in [5, 5.41) is 3.71. The lowest BCUT2D eigenvalue weighted by atomic mass is 9.93. The number of hydrogen-bond acceptors (Lipinski definition) is 3. The fraction of sp³-hybridized carbons (Fsp3) is 1.00. The van der Waals surface area contributed by atoms with E-state index < -0.39 is 0 Å². The van der Waals surface area contributed by atoms with Gasteiger partial charge in [0.15, 0.2) is 0 Å². The van der Waals surface area contributed by atoms with E-state index in [0.29, 0.717) is 6.61 Å². The van der Waals surface area contributed by atoms with Gasteiger partial charge < -0.3 is 14.8 Å². The summed E-state index contributed by atoms with van der Waals surface area (Å²) >= 11 is 0. The van der Waals surface area contributed by atoms with Crippen LogP contribution in [0.15, 0.2) is 0 Å². The van der Waals surface area contributed by atoms with Crippen molar-refractivity contribution in [1.29, 1.82) is 0 Å². The first-order valence-corrected chi connectivity index (χ1v) is 8.16. The minimum absolute atomic E-state index is 0.715. The molecule has 3 heteroatoms. The highest BCUT2D eigenvalue weighted by Gasteiger charge is 2.19. The summed E-state index contributed by atoms with van der Waals surface area (Å²) in [6, 6.07) is 0.766. The Kier molecular flexibility index (Phi) is 10.4. The van der Waals surface area contributed by atoms with Gasteiger partial charge in [-0.1, -0.05) is 26.2 Å². The largest absolute Gasteiger partial charge is 0.382 e. The van der Waals surface area contributed by atoms with E-state index in [1.54, 1.807) is 7.11 Å². The van der Waals surface area contributed by atoms with Crippen LogP contribution in [0.5, 0.6) is 0 Å². The summed E-state index contributed by atoms with van der Waals surface area (Å²) in [6.45, 7) is 5.78. The van der Waals surface area contributed by atoms with Gasteiger partial charge in [-0.25, -0.2) is 0 Å². The second-order valence-corrected chi connectivity index (χ2v) is 5.78. The van der Waals surface area contributed by atoms with Crippen LogP contribution in [0, 0.1) is 5.92 Å². The Morgan fingerprint density at radius 2 is 1.95 bits per heavy atom. The standard InChI is InChI=1S/C16H33NO2/c1-3-10-17-16-9-5-4-7-15(14-16)8-6-11-19-13-12-18-2/h15-17H,3-14H2,1-2H3. The molecule has 1 fully saturated rings. The van der Waals surface area contributed by atoms with Crippen molar-refractivity contribution in [2.24, 2.45) is 5.92 Å². The molecule has 3 nitrogen and oxygen atoms in total. The first-order chi connectivity index (χ1) is 9.36. The van der Waals surface area contributed by atoms with Gasteiger partial charge in [-0.05, 0) is 44.6 Å². The van der Waals surface area contributed by atoms with Crippen LogP contribution in [0.4, 0.5) is 0 Å². The van der Waals surface area contributed by atoms with Crippen molar-refractivity contribution in [3.8, 4) is 0 Å². The molecular formula is C16H33NO2. The molecule has 1 aliphatic rings. The van der Waals surface area contributed by atoms with Crippen LogP contribution in [0.3, 0.4) is 0 Å². The van der Waals surface area contributed by atoms with E-state index >= 15 is 0 Å². The minimum Gasteiger partial charge on any atom is -0.382 e. The molecule has 0 saturated heterocycles. The average Bonchev–Trinajstić information content (AvgIpc) is 2.65. The van der Waals surface area contributed by atoms with Gasteiger partial charge in [0.05, 0.1) is 13.2 Å². The number of nitrogens with one attached hydrogen (secondary N) is 1. The SMILES string of the molecule is CCCNC1CCCCC(CCCOCCOC)C1. The number of hydrogen-bond donors (Lipinski definition) is 1. The van der Waals surface area contributed by atoms with Gasteiger partial charge in [-0.15, -0.1) is 0 Å². The van der Waals surface area contributed by atoms with Gasteiger partial charge >= 0.3 is 0 Å². The Balaban J connectivity index is 2.09. The molecule has 0 aromatic rings. The van der Waals surface area contributed by atoms with Crippen LogP contribution in [0.2, 0.25) is 0 Å². The molecule has 1 N–H and O–H groups in total. The third kappa shape index (κ3) is 8.61. The Bertz CT molecular complexity index is 199. The normalized spacial score (nSPS) is 24.3. The van der Waals surface area contributed by atoms with Crippen LogP contribution < -0.4 is 5.32 Å². The molecule has 2 unspecified atom stereocenters. The highest BCUT2D eigenvalue weighted by Crippen LogP contribution is 2.26. The average molecular weight is 271 g/mol. The fourth-order valence-corrected chi connectivity index (χ4v) is 2.98. The maximum Gasteiger partial charge on any atom is 0.0700 e. The minimum atomic E-state index is 0.715. The first kappa shape index (κ1) is 16.9. The lowest BCUT2D eigenvalue weighted by molar-refractivity contribution is 0.0668. The third-order valence-electron chi connectivity index (χ3n) is 4.05. The molecule has 0 bridgehead atoms. The van der Waals surface area contributed by atoms with Gasteiger partial charge in [0.1, 0.15) is 0 Å². The lowest BCUT2D eigenvalue weighted by Gasteiger charge is -2.21. The summed E-state index contributed by atoms with van der Waals surface area (Å²) in [6.07, 6.45) is 10.8. The molecule has 0 spiro atoms. The third-order valence-corrected chi connectivity index (χ3v) is 4.05. The van der Waals surface area contributed by atoms with E-state index in [1.165, 1.54) is 57.9 Å². The summed E-state index contributed by atoms with van der Waals surface area (Å²) in [7, 11) is 1.72. The maximum absolute atomic E-state index is 5.55. The molecular weight excluding hydrogens is 238 g/mol. The summed E-state index contributed by atoms with van der Waals surface area (Å²) < 4.78 is 10.5. The Morgan fingerprint density at radius 1 is 1.11 bits per heavy atom. The highest BCUT2D eigenvalue weighted by atomic mass is 16.5. The van der Waals surface area contributed by atoms with Gasteiger partial charge in [0, 0.05) is 19.8 Å². The van der Waals surface area contributed by atoms with Gasteiger partial charge in [0.25, 0.3) is 0 Å². The monoisotopic (exact) mass is 271 g/mol. The van der Waals surface area contributed by atoms with E-state index in [1.807, 2.05) is 0 Å².